The molecule has 0 aromatic rings. The Hall–Kier alpha value is -0.450. The van der Waals surface area contributed by atoms with Crippen molar-refractivity contribution in [1.82, 2.24) is 4.90 Å². The summed E-state index contributed by atoms with van der Waals surface area (Å²) in [6.07, 6.45) is -4.38. The first-order valence-electron chi connectivity index (χ1n) is 2.30. The van der Waals surface area contributed by atoms with Gasteiger partial charge < -0.3 is 4.90 Å². The summed E-state index contributed by atoms with van der Waals surface area (Å²) >= 11 is 4.72. The Kier molecular flexibility index (Phi) is 2.96. The van der Waals surface area contributed by atoms with Gasteiger partial charge in [-0.25, -0.2) is 0 Å². The Bertz CT molecular complexity index is 135. The summed E-state index contributed by atoms with van der Waals surface area (Å²) in [5, 5.41) is -1.11. The van der Waals surface area contributed by atoms with Crippen molar-refractivity contribution in [2.24, 2.45) is 0 Å². The van der Waals surface area contributed by atoms with Crippen LogP contribution < -0.4 is 0 Å². The van der Waals surface area contributed by atoms with E-state index in [-0.39, 0.29) is 0 Å². The van der Waals surface area contributed by atoms with Crippen molar-refractivity contribution in [2.45, 2.75) is 6.18 Å². The first-order chi connectivity index (χ1) is 4.33. The second-order valence-corrected chi connectivity index (χ2v) is 2.05. The molecule has 0 fully saturated rings. The lowest BCUT2D eigenvalue weighted by Gasteiger charge is -2.14. The zero-order valence-electron chi connectivity index (χ0n) is 5.07. The molecule has 0 aromatic carbocycles. The number of carbonyl (C=O) groups is 1. The van der Waals surface area contributed by atoms with E-state index in [1.165, 1.54) is 0 Å². The highest BCUT2D eigenvalue weighted by atomic mass is 35.5. The molecule has 0 aliphatic carbocycles. The molecule has 0 heterocycles. The largest absolute Gasteiger partial charge is 0.406 e. The molecule has 0 rings (SSSR count). The Labute approximate surface area is 60.6 Å². The molecule has 0 saturated carbocycles. The SMILES string of the molecule is CN(CC(F)(F)F)C(=O)Cl. The van der Waals surface area contributed by atoms with Crippen molar-refractivity contribution < 1.29 is 18.0 Å². The monoisotopic (exact) mass is 175 g/mol. The molecule has 0 unspecified atom stereocenters. The van der Waals surface area contributed by atoms with Crippen molar-refractivity contribution in [3.63, 3.8) is 0 Å². The van der Waals surface area contributed by atoms with Gasteiger partial charge in [-0.2, -0.15) is 13.2 Å². The second kappa shape index (κ2) is 3.09. The maximum atomic E-state index is 11.4. The smallest absolute Gasteiger partial charge is 0.323 e. The third kappa shape index (κ3) is 4.43. The average molecular weight is 176 g/mol. The fraction of sp³-hybridized carbons (Fsp3) is 0.750. The standard InChI is InChI=1S/C4H5ClF3NO/c1-9(3(5)10)2-4(6,7)8/h2H2,1H3. The minimum Gasteiger partial charge on any atom is -0.323 e. The number of amides is 1. The number of halogens is 4. The van der Waals surface area contributed by atoms with Crippen LogP contribution in [0.2, 0.25) is 0 Å². The summed E-state index contributed by atoms with van der Waals surface area (Å²) in [4.78, 5) is 10.4. The maximum Gasteiger partial charge on any atom is 0.406 e. The van der Waals surface area contributed by atoms with E-state index in [2.05, 4.69) is 0 Å². The molecule has 1 amide bonds. The van der Waals surface area contributed by atoms with Crippen LogP contribution in [0.3, 0.4) is 0 Å². The van der Waals surface area contributed by atoms with E-state index in [0.29, 0.717) is 4.90 Å². The maximum absolute atomic E-state index is 11.4. The van der Waals surface area contributed by atoms with Gasteiger partial charge in [0.2, 0.25) is 0 Å². The lowest BCUT2D eigenvalue weighted by molar-refractivity contribution is -0.136. The summed E-state index contributed by atoms with van der Waals surface area (Å²) in [5.41, 5.74) is 0. The Morgan fingerprint density at radius 3 is 2.10 bits per heavy atom. The van der Waals surface area contributed by atoms with E-state index in [4.69, 9.17) is 11.6 Å². The van der Waals surface area contributed by atoms with Crippen LogP contribution in [0.5, 0.6) is 0 Å². The third-order valence-corrected chi connectivity index (χ3v) is 1.01. The van der Waals surface area contributed by atoms with Crippen molar-refractivity contribution >= 4 is 17.0 Å². The molecule has 0 spiro atoms. The highest BCUT2D eigenvalue weighted by Gasteiger charge is 2.30. The van der Waals surface area contributed by atoms with Crippen LogP contribution in [0.1, 0.15) is 0 Å². The molecule has 0 aromatic heterocycles. The zero-order chi connectivity index (χ0) is 8.36. The van der Waals surface area contributed by atoms with Gasteiger partial charge in [0.05, 0.1) is 0 Å². The van der Waals surface area contributed by atoms with Gasteiger partial charge in [0, 0.05) is 7.05 Å². The Morgan fingerprint density at radius 1 is 1.60 bits per heavy atom. The summed E-state index contributed by atoms with van der Waals surface area (Å²) in [6, 6.07) is 0. The first kappa shape index (κ1) is 9.55. The molecule has 10 heavy (non-hydrogen) atoms. The van der Waals surface area contributed by atoms with Crippen molar-refractivity contribution in [1.29, 1.82) is 0 Å². The van der Waals surface area contributed by atoms with Gasteiger partial charge in [-0.15, -0.1) is 0 Å². The normalized spacial score (nSPS) is 11.3. The lowest BCUT2D eigenvalue weighted by atomic mass is 10.6. The third-order valence-electron chi connectivity index (χ3n) is 0.717. The van der Waals surface area contributed by atoms with Crippen LogP contribution in [-0.2, 0) is 0 Å². The van der Waals surface area contributed by atoms with Crippen LogP contribution in [0.15, 0.2) is 0 Å². The van der Waals surface area contributed by atoms with Crippen molar-refractivity contribution in [3.8, 4) is 0 Å². The Morgan fingerprint density at radius 2 is 2.00 bits per heavy atom. The van der Waals surface area contributed by atoms with Crippen LogP contribution in [-0.4, -0.2) is 30.0 Å². The summed E-state index contributed by atoms with van der Waals surface area (Å²) in [6.45, 7) is -1.31. The minimum atomic E-state index is -4.38. The van der Waals surface area contributed by atoms with E-state index in [0.717, 1.165) is 7.05 Å². The molecular weight excluding hydrogens is 170 g/mol. The number of hydrogen-bond donors (Lipinski definition) is 0. The Balaban J connectivity index is 3.80. The molecule has 0 atom stereocenters. The van der Waals surface area contributed by atoms with Gasteiger partial charge >= 0.3 is 11.5 Å². The molecular formula is C4H5ClF3NO. The van der Waals surface area contributed by atoms with E-state index in [1.54, 1.807) is 0 Å². The van der Waals surface area contributed by atoms with Crippen molar-refractivity contribution in [3.05, 3.63) is 0 Å². The number of alkyl halides is 3. The molecule has 0 aliphatic heterocycles. The molecule has 0 N–H and O–H groups in total. The van der Waals surface area contributed by atoms with Crippen LogP contribution in [0.4, 0.5) is 18.0 Å². The van der Waals surface area contributed by atoms with Gasteiger partial charge in [-0.1, -0.05) is 0 Å². The van der Waals surface area contributed by atoms with Crippen LogP contribution in [0, 0.1) is 0 Å². The van der Waals surface area contributed by atoms with E-state index >= 15 is 0 Å². The molecule has 60 valence electrons. The summed E-state index contributed by atoms with van der Waals surface area (Å²) in [5.74, 6) is 0. The summed E-state index contributed by atoms with van der Waals surface area (Å²) in [7, 11) is 0.975. The quantitative estimate of drug-likeness (QED) is 0.440. The molecule has 6 heteroatoms. The first-order valence-corrected chi connectivity index (χ1v) is 2.68. The molecule has 2 nitrogen and oxygen atoms in total. The fourth-order valence-electron chi connectivity index (χ4n) is 0.331. The van der Waals surface area contributed by atoms with Gasteiger partial charge in [0.15, 0.2) is 0 Å². The van der Waals surface area contributed by atoms with Crippen LogP contribution in [0.25, 0.3) is 0 Å². The molecule has 0 radical (unpaired) electrons. The molecule has 0 bridgehead atoms. The zero-order valence-corrected chi connectivity index (χ0v) is 5.83. The number of nitrogens with zero attached hydrogens (tertiary/aromatic N) is 1. The highest BCUT2D eigenvalue weighted by Crippen LogP contribution is 2.15. The van der Waals surface area contributed by atoms with E-state index in [9.17, 15) is 18.0 Å². The number of rotatable bonds is 1. The van der Waals surface area contributed by atoms with Crippen molar-refractivity contribution in [2.75, 3.05) is 13.6 Å². The lowest BCUT2D eigenvalue weighted by Crippen LogP contribution is -2.32. The van der Waals surface area contributed by atoms with E-state index < -0.39 is 18.1 Å². The second-order valence-electron chi connectivity index (χ2n) is 1.72. The average Bonchev–Trinajstić information content (AvgIpc) is 1.60. The molecule has 0 saturated heterocycles. The number of carbonyl (C=O) groups excluding carboxylic acids is 1. The number of hydrogen-bond acceptors (Lipinski definition) is 1. The van der Waals surface area contributed by atoms with Gasteiger partial charge in [0.25, 0.3) is 0 Å². The molecule has 0 aliphatic rings. The van der Waals surface area contributed by atoms with Gasteiger partial charge in [0.1, 0.15) is 6.54 Å². The van der Waals surface area contributed by atoms with Crippen LogP contribution >= 0.6 is 11.6 Å². The predicted octanol–water partition coefficient (Wildman–Crippen LogP) is 1.84. The van der Waals surface area contributed by atoms with Gasteiger partial charge in [-0.05, 0) is 11.6 Å². The minimum absolute atomic E-state index is 0.377. The summed E-state index contributed by atoms with van der Waals surface area (Å²) < 4.78 is 34.2. The topological polar surface area (TPSA) is 20.3 Å². The predicted molar refractivity (Wildman–Crippen MR) is 29.9 cm³/mol. The highest BCUT2D eigenvalue weighted by molar-refractivity contribution is 6.62. The fourth-order valence-corrected chi connectivity index (χ4v) is 0.391. The van der Waals surface area contributed by atoms with Gasteiger partial charge in [-0.3, -0.25) is 4.79 Å². The van der Waals surface area contributed by atoms with E-state index in [1.807, 2.05) is 0 Å².